The summed E-state index contributed by atoms with van der Waals surface area (Å²) < 4.78 is 26.9. The van der Waals surface area contributed by atoms with E-state index in [1.54, 1.807) is 24.3 Å². The molecule has 31 heavy (non-hydrogen) atoms. The van der Waals surface area contributed by atoms with Crippen LogP contribution in [0.25, 0.3) is 0 Å². The Hall–Kier alpha value is -3.08. The van der Waals surface area contributed by atoms with E-state index in [4.69, 9.17) is 0 Å². The molecule has 0 bridgehead atoms. The van der Waals surface area contributed by atoms with Crippen LogP contribution in [0.3, 0.4) is 0 Å². The van der Waals surface area contributed by atoms with Gasteiger partial charge >= 0.3 is 0 Å². The van der Waals surface area contributed by atoms with Crippen LogP contribution in [0.4, 0.5) is 16.5 Å². The van der Waals surface area contributed by atoms with E-state index in [2.05, 4.69) is 10.3 Å². The van der Waals surface area contributed by atoms with Gasteiger partial charge in [-0.2, -0.15) is 4.31 Å². The first-order valence-corrected chi connectivity index (χ1v) is 11.6. The van der Waals surface area contributed by atoms with E-state index in [-0.39, 0.29) is 17.3 Å². The largest absolute Gasteiger partial charge is 0.326 e. The number of carbonyl (C=O) groups is 2. The summed E-state index contributed by atoms with van der Waals surface area (Å²) in [6.07, 6.45) is 0. The van der Waals surface area contributed by atoms with Crippen LogP contribution < -0.4 is 10.2 Å². The van der Waals surface area contributed by atoms with Gasteiger partial charge in [-0.3, -0.25) is 14.5 Å². The molecule has 0 unspecified atom stereocenters. The number of aromatic nitrogens is 1. The molecular formula is C21H22N4O4S2. The summed E-state index contributed by atoms with van der Waals surface area (Å²) in [6.45, 7) is 2.82. The summed E-state index contributed by atoms with van der Waals surface area (Å²) in [5, 5.41) is 4.88. The van der Waals surface area contributed by atoms with E-state index in [1.165, 1.54) is 54.5 Å². The fraction of sp³-hybridized carbons (Fsp3) is 0.190. The highest BCUT2D eigenvalue weighted by Gasteiger charge is 2.28. The van der Waals surface area contributed by atoms with Crippen molar-refractivity contribution in [2.45, 2.75) is 18.7 Å². The molecular weight excluding hydrogens is 436 g/mol. The lowest BCUT2D eigenvalue weighted by atomic mass is 10.3. The fourth-order valence-electron chi connectivity index (χ4n) is 2.82. The van der Waals surface area contributed by atoms with Gasteiger partial charge in [0.25, 0.3) is 0 Å². The maximum atomic E-state index is 13.2. The molecule has 0 spiro atoms. The second kappa shape index (κ2) is 9.38. The van der Waals surface area contributed by atoms with E-state index >= 15 is 0 Å². The van der Waals surface area contributed by atoms with Gasteiger partial charge in [-0.1, -0.05) is 18.2 Å². The topological polar surface area (TPSA) is 99.7 Å². The summed E-state index contributed by atoms with van der Waals surface area (Å²) in [7, 11) is -2.56. The van der Waals surface area contributed by atoms with Gasteiger partial charge in [-0.15, -0.1) is 11.3 Å². The van der Waals surface area contributed by atoms with E-state index in [0.29, 0.717) is 16.5 Å². The molecule has 3 aromatic rings. The maximum Gasteiger partial charge on any atom is 0.248 e. The zero-order chi connectivity index (χ0) is 22.6. The lowest BCUT2D eigenvalue weighted by Gasteiger charge is -2.23. The van der Waals surface area contributed by atoms with E-state index in [0.717, 1.165) is 10.00 Å². The van der Waals surface area contributed by atoms with Crippen LogP contribution in [0.1, 0.15) is 12.6 Å². The van der Waals surface area contributed by atoms with Crippen LogP contribution in [0, 0.1) is 6.92 Å². The number of para-hydroxylation sites is 1. The Labute approximate surface area is 185 Å². The van der Waals surface area contributed by atoms with Crippen molar-refractivity contribution in [3.05, 3.63) is 65.7 Å². The predicted molar refractivity (Wildman–Crippen MR) is 121 cm³/mol. The number of aryl methyl sites for hydroxylation is 1. The van der Waals surface area contributed by atoms with E-state index in [9.17, 15) is 18.0 Å². The number of hydrogen-bond donors (Lipinski definition) is 1. The maximum absolute atomic E-state index is 13.2. The zero-order valence-corrected chi connectivity index (χ0v) is 18.9. The summed E-state index contributed by atoms with van der Waals surface area (Å²) in [5.41, 5.74) is 1.86. The van der Waals surface area contributed by atoms with Crippen LogP contribution >= 0.6 is 11.3 Å². The third-order valence-corrected chi connectivity index (χ3v) is 7.06. The minimum Gasteiger partial charge on any atom is -0.326 e. The van der Waals surface area contributed by atoms with E-state index in [1.807, 2.05) is 18.4 Å². The van der Waals surface area contributed by atoms with Crippen molar-refractivity contribution in [2.75, 3.05) is 23.8 Å². The molecule has 0 saturated carbocycles. The smallest absolute Gasteiger partial charge is 0.248 e. The Bertz CT molecular complexity index is 1180. The van der Waals surface area contributed by atoms with E-state index < -0.39 is 15.9 Å². The van der Waals surface area contributed by atoms with Crippen molar-refractivity contribution in [2.24, 2.45) is 0 Å². The van der Waals surface area contributed by atoms with Gasteiger partial charge in [0.05, 0.1) is 22.8 Å². The standard InChI is InChI=1S/C21H22N4O4S2/c1-15-14-30-21(22-15)25(18-7-5-4-6-8-18)20(27)13-24(3)31(28,29)19-11-9-17(10-12-19)23-16(2)26/h4-12,14H,13H2,1-3H3,(H,23,26). The average molecular weight is 459 g/mol. The van der Waals surface area contributed by atoms with Gasteiger partial charge in [-0.25, -0.2) is 13.4 Å². The number of benzene rings is 2. The molecule has 3 rings (SSSR count). The number of nitrogens with one attached hydrogen (secondary N) is 1. The monoisotopic (exact) mass is 458 g/mol. The lowest BCUT2D eigenvalue weighted by Crippen LogP contribution is -2.39. The second-order valence-electron chi connectivity index (χ2n) is 6.80. The third-order valence-electron chi connectivity index (χ3n) is 4.30. The normalized spacial score (nSPS) is 11.4. The van der Waals surface area contributed by atoms with Crippen molar-refractivity contribution in [3.8, 4) is 0 Å². The summed E-state index contributed by atoms with van der Waals surface area (Å²) in [5.74, 6) is -0.682. The number of thiazole rings is 1. The highest BCUT2D eigenvalue weighted by atomic mass is 32.2. The van der Waals surface area contributed by atoms with Gasteiger partial charge in [0.2, 0.25) is 21.8 Å². The summed E-state index contributed by atoms with van der Waals surface area (Å²) in [6, 6.07) is 14.7. The lowest BCUT2D eigenvalue weighted by molar-refractivity contribution is -0.118. The van der Waals surface area contributed by atoms with Crippen LogP contribution in [-0.2, 0) is 19.6 Å². The number of hydrogen-bond acceptors (Lipinski definition) is 6. The molecule has 162 valence electrons. The molecule has 1 N–H and O–H groups in total. The fourth-order valence-corrected chi connectivity index (χ4v) is 4.78. The van der Waals surface area contributed by atoms with Gasteiger partial charge in [0.1, 0.15) is 0 Å². The van der Waals surface area contributed by atoms with Crippen molar-refractivity contribution in [1.29, 1.82) is 0 Å². The molecule has 1 heterocycles. The Morgan fingerprint density at radius 3 is 2.26 bits per heavy atom. The Morgan fingerprint density at radius 1 is 1.06 bits per heavy atom. The number of sulfonamides is 1. The number of rotatable bonds is 7. The van der Waals surface area contributed by atoms with Crippen molar-refractivity contribution in [3.63, 3.8) is 0 Å². The first-order valence-electron chi connectivity index (χ1n) is 9.32. The minimum atomic E-state index is -3.92. The molecule has 8 nitrogen and oxygen atoms in total. The van der Waals surface area contributed by atoms with Crippen LogP contribution in [0.2, 0.25) is 0 Å². The van der Waals surface area contributed by atoms with Gasteiger partial charge in [0.15, 0.2) is 5.13 Å². The molecule has 0 saturated heterocycles. The van der Waals surface area contributed by atoms with Crippen molar-refractivity contribution < 1.29 is 18.0 Å². The highest BCUT2D eigenvalue weighted by molar-refractivity contribution is 7.89. The van der Waals surface area contributed by atoms with Crippen molar-refractivity contribution >= 4 is 49.7 Å². The zero-order valence-electron chi connectivity index (χ0n) is 17.3. The minimum absolute atomic E-state index is 0.0215. The first kappa shape index (κ1) is 22.6. The molecule has 2 aromatic carbocycles. The molecule has 0 fully saturated rings. The third kappa shape index (κ3) is 5.35. The van der Waals surface area contributed by atoms with Crippen LogP contribution in [-0.4, -0.2) is 43.1 Å². The predicted octanol–water partition coefficient (Wildman–Crippen LogP) is 3.40. The SMILES string of the molecule is CC(=O)Nc1ccc(S(=O)(=O)N(C)CC(=O)N(c2ccccc2)c2nc(C)cs2)cc1. The van der Waals surface area contributed by atoms with Crippen LogP contribution in [0.5, 0.6) is 0 Å². The number of likely N-dealkylation sites (N-methyl/N-ethyl adjacent to an activating group) is 1. The molecule has 1 aromatic heterocycles. The number of carbonyl (C=O) groups excluding carboxylic acids is 2. The molecule has 0 atom stereocenters. The molecule has 10 heteroatoms. The molecule has 0 aliphatic carbocycles. The molecule has 0 radical (unpaired) electrons. The first-order chi connectivity index (χ1) is 14.7. The number of amides is 2. The number of nitrogens with zero attached hydrogens (tertiary/aromatic N) is 3. The average Bonchev–Trinajstić information content (AvgIpc) is 3.14. The highest BCUT2D eigenvalue weighted by Crippen LogP contribution is 2.29. The second-order valence-corrected chi connectivity index (χ2v) is 9.68. The van der Waals surface area contributed by atoms with Gasteiger partial charge in [0, 0.05) is 25.0 Å². The Morgan fingerprint density at radius 2 is 1.71 bits per heavy atom. The van der Waals surface area contributed by atoms with Gasteiger partial charge in [-0.05, 0) is 43.3 Å². The summed E-state index contributed by atoms with van der Waals surface area (Å²) in [4.78, 5) is 30.1. The molecule has 0 aliphatic heterocycles. The Kier molecular flexibility index (Phi) is 6.84. The Balaban J connectivity index is 1.83. The van der Waals surface area contributed by atoms with Crippen molar-refractivity contribution in [1.82, 2.24) is 9.29 Å². The van der Waals surface area contributed by atoms with Gasteiger partial charge < -0.3 is 5.32 Å². The molecule has 2 amide bonds. The summed E-state index contributed by atoms with van der Waals surface area (Å²) >= 11 is 1.31. The van der Waals surface area contributed by atoms with Crippen LogP contribution in [0.15, 0.2) is 64.9 Å². The molecule has 0 aliphatic rings. The quantitative estimate of drug-likeness (QED) is 0.585. The number of anilines is 3.